The lowest BCUT2D eigenvalue weighted by atomic mass is 10.0. The average Bonchev–Trinajstić information content (AvgIpc) is 2.77. The SMILES string of the molecule is CSCCC(NC(=O)C(CCCCN)NC(=O)C(CCC(=O)O)NC(=O)C(N)C(C)C)C(=O)O. The first-order chi connectivity index (χ1) is 15.9. The normalized spacial score (nSPS) is 14.5. The lowest BCUT2D eigenvalue weighted by Crippen LogP contribution is -2.57. The fraction of sp³-hybridized carbons (Fsp3) is 0.762. The van der Waals surface area contributed by atoms with Gasteiger partial charge in [0.05, 0.1) is 6.04 Å². The molecule has 196 valence electrons. The zero-order chi connectivity index (χ0) is 26.3. The third kappa shape index (κ3) is 12.8. The minimum absolute atomic E-state index is 0.189. The highest BCUT2D eigenvalue weighted by Gasteiger charge is 2.30. The zero-order valence-electron chi connectivity index (χ0n) is 20.0. The summed E-state index contributed by atoms with van der Waals surface area (Å²) in [4.78, 5) is 60.7. The third-order valence-corrected chi connectivity index (χ3v) is 5.75. The minimum Gasteiger partial charge on any atom is -0.481 e. The summed E-state index contributed by atoms with van der Waals surface area (Å²) in [6.07, 6.45) is 2.67. The second-order valence-corrected chi connectivity index (χ2v) is 9.28. The van der Waals surface area contributed by atoms with Crippen LogP contribution in [0, 0.1) is 5.92 Å². The summed E-state index contributed by atoms with van der Waals surface area (Å²) in [6.45, 7) is 3.83. The highest BCUT2D eigenvalue weighted by molar-refractivity contribution is 7.98. The van der Waals surface area contributed by atoms with Crippen LogP contribution in [0.15, 0.2) is 0 Å². The molecule has 0 fully saturated rings. The second kappa shape index (κ2) is 17.1. The van der Waals surface area contributed by atoms with Crippen LogP contribution < -0.4 is 27.4 Å². The summed E-state index contributed by atoms with van der Waals surface area (Å²) in [6, 6.07) is -4.35. The maximum Gasteiger partial charge on any atom is 0.326 e. The molecule has 3 amide bonds. The van der Waals surface area contributed by atoms with Gasteiger partial charge >= 0.3 is 11.9 Å². The lowest BCUT2D eigenvalue weighted by molar-refractivity contribution is -0.142. The van der Waals surface area contributed by atoms with Crippen molar-refractivity contribution in [3.05, 3.63) is 0 Å². The van der Waals surface area contributed by atoms with Crippen molar-refractivity contribution < 1.29 is 34.2 Å². The molecule has 0 aromatic heterocycles. The van der Waals surface area contributed by atoms with Crippen LogP contribution >= 0.6 is 11.8 Å². The van der Waals surface area contributed by atoms with E-state index in [-0.39, 0.29) is 25.2 Å². The van der Waals surface area contributed by atoms with E-state index in [4.69, 9.17) is 16.6 Å². The van der Waals surface area contributed by atoms with Crippen LogP contribution in [0.1, 0.15) is 52.4 Å². The zero-order valence-corrected chi connectivity index (χ0v) is 20.9. The van der Waals surface area contributed by atoms with E-state index in [1.165, 1.54) is 11.8 Å². The van der Waals surface area contributed by atoms with Gasteiger partial charge in [0.25, 0.3) is 0 Å². The Morgan fingerprint density at radius 1 is 0.824 bits per heavy atom. The van der Waals surface area contributed by atoms with Crippen LogP contribution in [0.3, 0.4) is 0 Å². The molecule has 9 N–H and O–H groups in total. The van der Waals surface area contributed by atoms with Gasteiger partial charge in [0.1, 0.15) is 18.1 Å². The summed E-state index contributed by atoms with van der Waals surface area (Å²) >= 11 is 1.44. The van der Waals surface area contributed by atoms with Gasteiger partial charge in [-0.2, -0.15) is 11.8 Å². The molecule has 0 aliphatic carbocycles. The fourth-order valence-corrected chi connectivity index (χ4v) is 3.38. The summed E-state index contributed by atoms with van der Waals surface area (Å²) in [5.41, 5.74) is 11.3. The first kappa shape index (κ1) is 31.6. The van der Waals surface area contributed by atoms with Gasteiger partial charge < -0.3 is 37.6 Å². The van der Waals surface area contributed by atoms with Gasteiger partial charge in [0, 0.05) is 6.42 Å². The number of hydrogen-bond acceptors (Lipinski definition) is 8. The summed E-state index contributed by atoms with van der Waals surface area (Å²) in [5.74, 6) is -4.10. The first-order valence-corrected chi connectivity index (χ1v) is 12.6. The number of carboxylic acid groups (broad SMARTS) is 2. The Kier molecular flexibility index (Phi) is 15.9. The molecule has 0 aromatic carbocycles. The van der Waals surface area contributed by atoms with Crippen LogP contribution in [0.5, 0.6) is 0 Å². The number of rotatable bonds is 18. The lowest BCUT2D eigenvalue weighted by Gasteiger charge is -2.25. The van der Waals surface area contributed by atoms with E-state index in [2.05, 4.69) is 16.0 Å². The molecular weight excluding hydrogens is 466 g/mol. The maximum absolute atomic E-state index is 12.9. The Hall–Kier alpha value is -2.38. The van der Waals surface area contributed by atoms with Crippen molar-refractivity contribution in [3.8, 4) is 0 Å². The van der Waals surface area contributed by atoms with E-state index >= 15 is 0 Å². The summed E-state index contributed by atoms with van der Waals surface area (Å²) < 4.78 is 0. The number of thioether (sulfide) groups is 1. The number of nitrogens with two attached hydrogens (primary N) is 2. The van der Waals surface area contributed by atoms with Gasteiger partial charge in [-0.15, -0.1) is 0 Å². The Bertz CT molecular complexity index is 692. The number of nitrogens with one attached hydrogen (secondary N) is 3. The van der Waals surface area contributed by atoms with Crippen molar-refractivity contribution in [1.29, 1.82) is 0 Å². The maximum atomic E-state index is 12.9. The average molecular weight is 506 g/mol. The second-order valence-electron chi connectivity index (χ2n) is 8.29. The predicted molar refractivity (Wildman–Crippen MR) is 129 cm³/mol. The molecule has 0 aromatic rings. The van der Waals surface area contributed by atoms with Gasteiger partial charge in [-0.3, -0.25) is 19.2 Å². The third-order valence-electron chi connectivity index (χ3n) is 5.11. The van der Waals surface area contributed by atoms with Crippen molar-refractivity contribution in [3.63, 3.8) is 0 Å². The highest BCUT2D eigenvalue weighted by Crippen LogP contribution is 2.08. The Morgan fingerprint density at radius 3 is 1.82 bits per heavy atom. The van der Waals surface area contributed by atoms with Crippen molar-refractivity contribution in [2.24, 2.45) is 17.4 Å². The number of amides is 3. The molecule has 4 unspecified atom stereocenters. The van der Waals surface area contributed by atoms with Crippen LogP contribution in [0.4, 0.5) is 0 Å². The van der Waals surface area contributed by atoms with Crippen molar-refractivity contribution in [2.45, 2.75) is 76.5 Å². The number of carbonyl (C=O) groups is 5. The predicted octanol–water partition coefficient (Wildman–Crippen LogP) is -0.744. The molecule has 0 saturated carbocycles. The standard InChI is InChI=1S/C21H39N5O7S/c1-12(2)17(23)20(31)25-14(7-8-16(27)28)19(30)24-13(6-4-5-10-22)18(29)26-15(21(32)33)9-11-34-3/h12-15,17H,4-11,22-23H2,1-3H3,(H,24,30)(H,25,31)(H,26,29)(H,27,28)(H,32,33). The van der Waals surface area contributed by atoms with E-state index in [0.29, 0.717) is 25.1 Å². The molecule has 0 aliphatic heterocycles. The molecule has 13 heteroatoms. The molecule has 0 heterocycles. The number of unbranched alkanes of at least 4 members (excludes halogenated alkanes) is 1. The van der Waals surface area contributed by atoms with E-state index in [1.54, 1.807) is 13.8 Å². The van der Waals surface area contributed by atoms with Crippen LogP contribution in [-0.4, -0.2) is 82.6 Å². The van der Waals surface area contributed by atoms with E-state index in [9.17, 15) is 29.1 Å². The molecule has 34 heavy (non-hydrogen) atoms. The molecule has 4 atom stereocenters. The van der Waals surface area contributed by atoms with E-state index in [1.807, 2.05) is 6.26 Å². The van der Waals surface area contributed by atoms with Crippen molar-refractivity contribution >= 4 is 41.4 Å². The Balaban J connectivity index is 5.54. The van der Waals surface area contributed by atoms with Gasteiger partial charge in [-0.1, -0.05) is 13.8 Å². The minimum atomic E-state index is -1.23. The quantitative estimate of drug-likeness (QED) is 0.116. The topological polar surface area (TPSA) is 214 Å². The summed E-state index contributed by atoms with van der Waals surface area (Å²) in [7, 11) is 0. The number of aliphatic carboxylic acids is 2. The molecule has 0 saturated heterocycles. The summed E-state index contributed by atoms with van der Waals surface area (Å²) in [5, 5.41) is 25.8. The monoisotopic (exact) mass is 505 g/mol. The Labute approximate surface area is 204 Å². The van der Waals surface area contributed by atoms with Gasteiger partial charge in [0.2, 0.25) is 17.7 Å². The smallest absolute Gasteiger partial charge is 0.326 e. The molecule has 0 bridgehead atoms. The molecular formula is C21H39N5O7S. The Morgan fingerprint density at radius 2 is 1.35 bits per heavy atom. The van der Waals surface area contributed by atoms with Gasteiger partial charge in [-0.05, 0) is 56.6 Å². The van der Waals surface area contributed by atoms with Crippen molar-refractivity contribution in [1.82, 2.24) is 16.0 Å². The van der Waals surface area contributed by atoms with E-state index in [0.717, 1.165) is 0 Å². The first-order valence-electron chi connectivity index (χ1n) is 11.2. The largest absolute Gasteiger partial charge is 0.481 e. The number of hydrogen-bond donors (Lipinski definition) is 7. The number of carbonyl (C=O) groups excluding carboxylic acids is 3. The van der Waals surface area contributed by atoms with Crippen LogP contribution in [0.25, 0.3) is 0 Å². The van der Waals surface area contributed by atoms with Crippen molar-refractivity contribution in [2.75, 3.05) is 18.6 Å². The van der Waals surface area contributed by atoms with Crippen LogP contribution in [0.2, 0.25) is 0 Å². The molecule has 0 aliphatic rings. The molecule has 12 nitrogen and oxygen atoms in total. The highest BCUT2D eigenvalue weighted by atomic mass is 32.2. The van der Waals surface area contributed by atoms with Gasteiger partial charge in [-0.25, -0.2) is 4.79 Å². The number of carboxylic acids is 2. The van der Waals surface area contributed by atoms with Crippen LogP contribution in [-0.2, 0) is 24.0 Å². The van der Waals surface area contributed by atoms with Gasteiger partial charge in [0.15, 0.2) is 0 Å². The van der Waals surface area contributed by atoms with E-state index < -0.39 is 60.2 Å². The molecule has 0 spiro atoms. The fourth-order valence-electron chi connectivity index (χ4n) is 2.91. The molecule has 0 rings (SSSR count). The molecule has 0 radical (unpaired) electrons.